The van der Waals surface area contributed by atoms with Crippen LogP contribution in [0.3, 0.4) is 0 Å². The molecule has 2 aromatic rings. The Bertz CT molecular complexity index is 912. The Morgan fingerprint density at radius 1 is 1.20 bits per heavy atom. The van der Waals surface area contributed by atoms with Gasteiger partial charge in [-0.2, -0.15) is 13.2 Å². The summed E-state index contributed by atoms with van der Waals surface area (Å²) in [5.41, 5.74) is -0.559. The van der Waals surface area contributed by atoms with Crippen LogP contribution in [0.15, 0.2) is 30.5 Å². The van der Waals surface area contributed by atoms with Crippen molar-refractivity contribution in [2.45, 2.75) is 44.8 Å². The van der Waals surface area contributed by atoms with Crippen molar-refractivity contribution in [3.63, 3.8) is 0 Å². The van der Waals surface area contributed by atoms with Gasteiger partial charge in [-0.25, -0.2) is 9.37 Å². The van der Waals surface area contributed by atoms with Crippen LogP contribution >= 0.6 is 11.6 Å². The van der Waals surface area contributed by atoms with E-state index in [4.69, 9.17) is 11.6 Å². The van der Waals surface area contributed by atoms with Gasteiger partial charge in [0.2, 0.25) is 0 Å². The summed E-state index contributed by atoms with van der Waals surface area (Å²) in [6.07, 6.45) is -0.246. The van der Waals surface area contributed by atoms with Crippen molar-refractivity contribution in [3.8, 4) is 0 Å². The highest BCUT2D eigenvalue weighted by atomic mass is 35.5. The molecule has 1 aromatic carbocycles. The van der Waals surface area contributed by atoms with Crippen molar-refractivity contribution < 1.29 is 22.4 Å². The number of nitrogens with one attached hydrogen (secondary N) is 2. The molecule has 30 heavy (non-hydrogen) atoms. The minimum absolute atomic E-state index is 0.0134. The Morgan fingerprint density at radius 3 is 2.53 bits per heavy atom. The second-order valence-corrected chi connectivity index (χ2v) is 7.99. The summed E-state index contributed by atoms with van der Waals surface area (Å²) in [7, 11) is 0. The maximum atomic E-state index is 13.3. The lowest BCUT2D eigenvalue weighted by Gasteiger charge is -2.29. The minimum atomic E-state index is -4.54. The summed E-state index contributed by atoms with van der Waals surface area (Å²) >= 11 is 5.94. The van der Waals surface area contributed by atoms with Gasteiger partial charge < -0.3 is 10.6 Å². The molecule has 0 spiro atoms. The second-order valence-electron chi connectivity index (χ2n) is 7.58. The predicted molar refractivity (Wildman–Crippen MR) is 107 cm³/mol. The summed E-state index contributed by atoms with van der Waals surface area (Å²) < 4.78 is 52.0. The molecule has 1 amide bonds. The molecule has 4 nitrogen and oxygen atoms in total. The highest BCUT2D eigenvalue weighted by molar-refractivity contribution is 6.33. The smallest absolute Gasteiger partial charge is 0.370 e. The van der Waals surface area contributed by atoms with E-state index in [1.807, 2.05) is 0 Å². The summed E-state index contributed by atoms with van der Waals surface area (Å²) in [4.78, 5) is 16.5. The fraction of sp³-hybridized carbons (Fsp3) is 0.429. The fourth-order valence-electron chi connectivity index (χ4n) is 3.53. The number of hydrogen-bond donors (Lipinski definition) is 2. The Balaban J connectivity index is 1.51. The van der Waals surface area contributed by atoms with E-state index in [-0.39, 0.29) is 22.4 Å². The topological polar surface area (TPSA) is 54.0 Å². The van der Waals surface area contributed by atoms with Crippen LogP contribution in [0.1, 0.15) is 47.2 Å². The van der Waals surface area contributed by atoms with Crippen LogP contribution in [0, 0.1) is 18.7 Å². The zero-order valence-corrected chi connectivity index (χ0v) is 17.1. The normalized spacial score (nSPS) is 19.4. The summed E-state index contributed by atoms with van der Waals surface area (Å²) in [6, 6.07) is 4.26. The van der Waals surface area contributed by atoms with Crippen molar-refractivity contribution in [1.82, 2.24) is 10.3 Å². The Kier molecular flexibility index (Phi) is 6.85. The van der Waals surface area contributed by atoms with Crippen LogP contribution in [0.2, 0.25) is 5.02 Å². The van der Waals surface area contributed by atoms with E-state index in [9.17, 15) is 22.4 Å². The molecule has 1 aromatic heterocycles. The number of rotatable bonds is 5. The third-order valence-corrected chi connectivity index (χ3v) is 5.67. The first-order valence-electron chi connectivity index (χ1n) is 9.67. The second kappa shape index (κ2) is 9.20. The molecule has 0 aliphatic heterocycles. The number of anilines is 1. The quantitative estimate of drug-likeness (QED) is 0.591. The van der Waals surface area contributed by atoms with Gasteiger partial charge >= 0.3 is 6.18 Å². The van der Waals surface area contributed by atoms with E-state index in [0.29, 0.717) is 36.7 Å². The molecule has 1 aliphatic rings. The number of pyridine rings is 1. The molecule has 0 bridgehead atoms. The molecular formula is C21H22ClF4N3O. The first-order chi connectivity index (χ1) is 14.1. The van der Waals surface area contributed by atoms with Crippen LogP contribution in [0.5, 0.6) is 0 Å². The average molecular weight is 444 g/mol. The molecule has 1 fully saturated rings. The minimum Gasteiger partial charge on any atom is -0.370 e. The van der Waals surface area contributed by atoms with Gasteiger partial charge in [-0.1, -0.05) is 11.6 Å². The number of nitrogens with zero attached hydrogens (tertiary/aromatic N) is 1. The highest BCUT2D eigenvalue weighted by Crippen LogP contribution is 2.32. The van der Waals surface area contributed by atoms with E-state index in [2.05, 4.69) is 15.6 Å². The molecule has 1 aliphatic carbocycles. The standard InChI is InChI=1S/C21H22ClF4N3O/c1-12-8-19(28-11-18(12)23)27-10-13-2-5-15(6-3-13)29-20(30)16-9-14(21(24,25)26)4-7-17(16)22/h4,7-9,11,13,15H,2-3,5-6,10H2,1H3,(H,27,28)(H,29,30)/t13-,15-. The Hall–Kier alpha value is -2.35. The molecular weight excluding hydrogens is 422 g/mol. The monoisotopic (exact) mass is 443 g/mol. The molecule has 0 radical (unpaired) electrons. The number of carbonyl (C=O) groups excluding carboxylic acids is 1. The summed E-state index contributed by atoms with van der Waals surface area (Å²) in [5, 5.41) is 5.99. The van der Waals surface area contributed by atoms with Gasteiger partial charge in [-0.05, 0) is 68.4 Å². The predicted octanol–water partition coefficient (Wildman–Crippen LogP) is 5.60. The third kappa shape index (κ3) is 5.62. The molecule has 9 heteroatoms. The lowest BCUT2D eigenvalue weighted by atomic mass is 9.86. The molecule has 1 saturated carbocycles. The van der Waals surface area contributed by atoms with Crippen molar-refractivity contribution >= 4 is 23.3 Å². The SMILES string of the molecule is Cc1cc(NC[C@H]2CC[C@H](NC(=O)c3cc(C(F)(F)F)ccc3Cl)CC2)ncc1F. The van der Waals surface area contributed by atoms with Crippen molar-refractivity contribution in [3.05, 3.63) is 58.0 Å². The number of amides is 1. The van der Waals surface area contributed by atoms with Gasteiger partial charge in [0, 0.05) is 12.6 Å². The molecule has 0 atom stereocenters. The summed E-state index contributed by atoms with van der Waals surface area (Å²) in [6.45, 7) is 2.35. The largest absolute Gasteiger partial charge is 0.416 e. The maximum absolute atomic E-state index is 13.3. The van der Waals surface area contributed by atoms with Crippen LogP contribution in [-0.4, -0.2) is 23.5 Å². The lowest BCUT2D eigenvalue weighted by Crippen LogP contribution is -2.38. The third-order valence-electron chi connectivity index (χ3n) is 5.34. The van der Waals surface area contributed by atoms with Crippen molar-refractivity contribution in [1.29, 1.82) is 0 Å². The molecule has 0 unspecified atom stereocenters. The number of carbonyl (C=O) groups is 1. The van der Waals surface area contributed by atoms with Crippen molar-refractivity contribution in [2.24, 2.45) is 5.92 Å². The van der Waals surface area contributed by atoms with Crippen LogP contribution < -0.4 is 10.6 Å². The van der Waals surface area contributed by atoms with E-state index in [1.54, 1.807) is 13.0 Å². The van der Waals surface area contributed by atoms with Gasteiger partial charge in [-0.15, -0.1) is 0 Å². The molecule has 0 saturated heterocycles. The molecule has 162 valence electrons. The van der Waals surface area contributed by atoms with E-state index in [0.717, 1.165) is 31.0 Å². The number of aromatic nitrogens is 1. The van der Waals surface area contributed by atoms with Crippen LogP contribution in [0.25, 0.3) is 0 Å². The average Bonchev–Trinajstić information content (AvgIpc) is 2.69. The zero-order valence-electron chi connectivity index (χ0n) is 16.3. The number of hydrogen-bond acceptors (Lipinski definition) is 3. The lowest BCUT2D eigenvalue weighted by molar-refractivity contribution is -0.137. The van der Waals surface area contributed by atoms with Gasteiger partial charge in [0.25, 0.3) is 5.91 Å². The van der Waals surface area contributed by atoms with Crippen LogP contribution in [-0.2, 0) is 6.18 Å². The van der Waals surface area contributed by atoms with Gasteiger partial charge in [-0.3, -0.25) is 4.79 Å². The van der Waals surface area contributed by atoms with Crippen molar-refractivity contribution in [2.75, 3.05) is 11.9 Å². The van der Waals surface area contributed by atoms with Gasteiger partial charge in [0.05, 0.1) is 22.3 Å². The number of alkyl halides is 3. The Labute approximate surface area is 177 Å². The first kappa shape index (κ1) is 22.3. The van der Waals surface area contributed by atoms with Crippen LogP contribution in [0.4, 0.5) is 23.4 Å². The molecule has 3 rings (SSSR count). The van der Waals surface area contributed by atoms with E-state index >= 15 is 0 Å². The molecule has 2 N–H and O–H groups in total. The number of aryl methyl sites for hydroxylation is 1. The Morgan fingerprint density at radius 2 is 1.90 bits per heavy atom. The van der Waals surface area contributed by atoms with E-state index < -0.39 is 17.6 Å². The highest BCUT2D eigenvalue weighted by Gasteiger charge is 2.32. The zero-order chi connectivity index (χ0) is 21.9. The van der Waals surface area contributed by atoms with Gasteiger partial charge in [0.15, 0.2) is 0 Å². The van der Waals surface area contributed by atoms with Gasteiger partial charge in [0.1, 0.15) is 11.6 Å². The first-order valence-corrected chi connectivity index (χ1v) is 10.0. The number of benzene rings is 1. The summed E-state index contributed by atoms with van der Waals surface area (Å²) in [5.74, 6) is 0.0299. The molecule has 1 heterocycles. The van der Waals surface area contributed by atoms with E-state index in [1.165, 1.54) is 6.20 Å². The maximum Gasteiger partial charge on any atom is 0.416 e. The number of halogens is 5. The fourth-order valence-corrected chi connectivity index (χ4v) is 3.74.